The summed E-state index contributed by atoms with van der Waals surface area (Å²) in [6.45, 7) is 2.72. The molecule has 0 atom stereocenters. The summed E-state index contributed by atoms with van der Waals surface area (Å²) in [5.41, 5.74) is 2.37. The quantitative estimate of drug-likeness (QED) is 0.776. The van der Waals surface area contributed by atoms with E-state index in [9.17, 15) is 4.79 Å². The Labute approximate surface area is 149 Å². The van der Waals surface area contributed by atoms with Gasteiger partial charge in [0.25, 0.3) is 5.91 Å². The van der Waals surface area contributed by atoms with Crippen LogP contribution < -0.4 is 14.8 Å². The van der Waals surface area contributed by atoms with Crippen molar-refractivity contribution in [1.29, 1.82) is 0 Å². The second-order valence-corrected chi connectivity index (χ2v) is 7.00. The number of aryl methyl sites for hydroxylation is 1. The molecule has 1 amide bonds. The summed E-state index contributed by atoms with van der Waals surface area (Å²) in [7, 11) is 0. The molecular formula is C19H16N2O3S. The molecule has 1 aliphatic heterocycles. The van der Waals surface area contributed by atoms with Crippen LogP contribution >= 0.6 is 11.3 Å². The summed E-state index contributed by atoms with van der Waals surface area (Å²) in [5, 5.41) is 2.93. The first-order chi connectivity index (χ1) is 12.2. The molecule has 0 bridgehead atoms. The van der Waals surface area contributed by atoms with Gasteiger partial charge >= 0.3 is 0 Å². The summed E-state index contributed by atoms with van der Waals surface area (Å²) in [6, 6.07) is 13.3. The second-order valence-electron chi connectivity index (χ2n) is 5.71. The average Bonchev–Trinajstić information content (AvgIpc) is 3.28. The predicted octanol–water partition coefficient (Wildman–Crippen LogP) is 3.78. The Morgan fingerprint density at radius 1 is 1.16 bits per heavy atom. The van der Waals surface area contributed by atoms with Crippen molar-refractivity contribution < 1.29 is 14.3 Å². The average molecular weight is 352 g/mol. The van der Waals surface area contributed by atoms with Crippen LogP contribution in [0.2, 0.25) is 0 Å². The highest BCUT2D eigenvalue weighted by Gasteiger charge is 2.14. The zero-order valence-corrected chi connectivity index (χ0v) is 14.4. The zero-order chi connectivity index (χ0) is 17.2. The van der Waals surface area contributed by atoms with Crippen LogP contribution in [0, 0.1) is 6.92 Å². The predicted molar refractivity (Wildman–Crippen MR) is 96.0 cm³/mol. The summed E-state index contributed by atoms with van der Waals surface area (Å²) < 4.78 is 10.6. The third-order valence-corrected chi connectivity index (χ3v) is 4.93. The number of pyridine rings is 1. The zero-order valence-electron chi connectivity index (χ0n) is 13.6. The normalized spacial score (nSPS) is 12.2. The maximum Gasteiger partial charge on any atom is 0.251 e. The SMILES string of the molecule is Cc1ccc(-c2cc(C(=O)NCc3ccc4c(c3)OCO4)ccn2)s1. The number of nitrogens with one attached hydrogen (secondary N) is 1. The molecule has 0 unspecified atom stereocenters. The summed E-state index contributed by atoms with van der Waals surface area (Å²) in [6.07, 6.45) is 1.67. The molecule has 25 heavy (non-hydrogen) atoms. The molecule has 0 aliphatic carbocycles. The van der Waals surface area contributed by atoms with Crippen LogP contribution in [0.25, 0.3) is 10.6 Å². The van der Waals surface area contributed by atoms with Gasteiger partial charge in [0.15, 0.2) is 11.5 Å². The molecule has 6 heteroatoms. The van der Waals surface area contributed by atoms with E-state index < -0.39 is 0 Å². The van der Waals surface area contributed by atoms with E-state index in [2.05, 4.69) is 17.2 Å². The van der Waals surface area contributed by atoms with Crippen molar-refractivity contribution in [1.82, 2.24) is 10.3 Å². The topological polar surface area (TPSA) is 60.5 Å². The number of hydrogen-bond acceptors (Lipinski definition) is 5. The number of amides is 1. The van der Waals surface area contributed by atoms with E-state index in [1.54, 1.807) is 23.6 Å². The van der Waals surface area contributed by atoms with Gasteiger partial charge in [0.05, 0.1) is 10.6 Å². The lowest BCUT2D eigenvalue weighted by Crippen LogP contribution is -2.22. The van der Waals surface area contributed by atoms with Gasteiger partial charge in [-0.1, -0.05) is 6.07 Å². The van der Waals surface area contributed by atoms with Crippen molar-refractivity contribution >= 4 is 17.2 Å². The van der Waals surface area contributed by atoms with Gasteiger partial charge in [-0.25, -0.2) is 0 Å². The van der Waals surface area contributed by atoms with Crippen LogP contribution in [-0.2, 0) is 6.54 Å². The van der Waals surface area contributed by atoms with Crippen LogP contribution in [0.4, 0.5) is 0 Å². The van der Waals surface area contributed by atoms with Gasteiger partial charge in [-0.2, -0.15) is 0 Å². The molecule has 126 valence electrons. The van der Waals surface area contributed by atoms with Crippen LogP contribution in [0.5, 0.6) is 11.5 Å². The lowest BCUT2D eigenvalue weighted by Gasteiger charge is -2.07. The number of carbonyl (C=O) groups is 1. The third kappa shape index (κ3) is 3.34. The number of thiophene rings is 1. The van der Waals surface area contributed by atoms with Gasteiger partial charge in [0, 0.05) is 23.2 Å². The molecule has 0 fully saturated rings. The van der Waals surface area contributed by atoms with Crippen molar-refractivity contribution in [3.8, 4) is 22.1 Å². The van der Waals surface area contributed by atoms with E-state index in [-0.39, 0.29) is 12.7 Å². The molecule has 1 aliphatic rings. The van der Waals surface area contributed by atoms with Crippen molar-refractivity contribution in [2.45, 2.75) is 13.5 Å². The minimum Gasteiger partial charge on any atom is -0.454 e. The Bertz CT molecular complexity index is 936. The minimum atomic E-state index is -0.130. The van der Waals surface area contributed by atoms with Crippen LogP contribution in [0.3, 0.4) is 0 Å². The van der Waals surface area contributed by atoms with Gasteiger partial charge in [0.2, 0.25) is 6.79 Å². The Kier molecular flexibility index (Phi) is 4.11. The maximum atomic E-state index is 12.4. The van der Waals surface area contributed by atoms with Gasteiger partial charge in [-0.3, -0.25) is 9.78 Å². The lowest BCUT2D eigenvalue weighted by molar-refractivity contribution is 0.0950. The monoisotopic (exact) mass is 352 g/mol. The summed E-state index contributed by atoms with van der Waals surface area (Å²) in [4.78, 5) is 19.1. The highest BCUT2D eigenvalue weighted by atomic mass is 32.1. The van der Waals surface area contributed by atoms with Gasteiger partial charge in [0.1, 0.15) is 0 Å². The summed E-state index contributed by atoms with van der Waals surface area (Å²) >= 11 is 1.66. The van der Waals surface area contributed by atoms with E-state index in [1.165, 1.54) is 4.88 Å². The smallest absolute Gasteiger partial charge is 0.251 e. The van der Waals surface area contributed by atoms with Crippen LogP contribution in [-0.4, -0.2) is 17.7 Å². The first-order valence-corrected chi connectivity index (χ1v) is 8.70. The molecule has 1 aromatic carbocycles. The number of fused-ring (bicyclic) bond motifs is 1. The molecule has 0 radical (unpaired) electrons. The molecule has 3 heterocycles. The van der Waals surface area contributed by atoms with Crippen molar-refractivity contribution in [2.75, 3.05) is 6.79 Å². The highest BCUT2D eigenvalue weighted by Crippen LogP contribution is 2.32. The Balaban J connectivity index is 1.46. The minimum absolute atomic E-state index is 0.130. The Morgan fingerprint density at radius 3 is 2.88 bits per heavy atom. The summed E-state index contributed by atoms with van der Waals surface area (Å²) in [5.74, 6) is 1.32. The fourth-order valence-corrected chi connectivity index (χ4v) is 3.45. The molecule has 0 saturated carbocycles. The number of carbonyl (C=O) groups excluding carboxylic acids is 1. The van der Waals surface area contributed by atoms with E-state index in [0.29, 0.717) is 17.9 Å². The van der Waals surface area contributed by atoms with E-state index in [0.717, 1.165) is 21.9 Å². The van der Waals surface area contributed by atoms with Crippen molar-refractivity contribution in [3.63, 3.8) is 0 Å². The van der Waals surface area contributed by atoms with Crippen LogP contribution in [0.1, 0.15) is 20.8 Å². The Hall–Kier alpha value is -2.86. The number of aromatic nitrogens is 1. The number of hydrogen-bond donors (Lipinski definition) is 1. The molecule has 3 aromatic rings. The van der Waals surface area contributed by atoms with Crippen LogP contribution in [0.15, 0.2) is 48.7 Å². The standard InChI is InChI=1S/C19H16N2O3S/c1-12-2-5-18(25-12)15-9-14(6-7-20-15)19(22)21-10-13-3-4-16-17(8-13)24-11-23-16/h2-9H,10-11H2,1H3,(H,21,22). The molecule has 2 aromatic heterocycles. The lowest BCUT2D eigenvalue weighted by atomic mass is 10.1. The van der Waals surface area contributed by atoms with Gasteiger partial charge in [-0.05, 0) is 48.9 Å². The first kappa shape index (κ1) is 15.7. The molecule has 4 rings (SSSR count). The number of nitrogens with zero attached hydrogens (tertiary/aromatic N) is 1. The third-order valence-electron chi connectivity index (χ3n) is 3.90. The van der Waals surface area contributed by atoms with Gasteiger partial charge < -0.3 is 14.8 Å². The van der Waals surface area contributed by atoms with E-state index in [1.807, 2.05) is 36.4 Å². The van der Waals surface area contributed by atoms with Gasteiger partial charge in [-0.15, -0.1) is 11.3 Å². The number of benzene rings is 1. The molecular weight excluding hydrogens is 336 g/mol. The molecule has 5 nitrogen and oxygen atoms in total. The fourth-order valence-electron chi connectivity index (χ4n) is 2.61. The van der Waals surface area contributed by atoms with E-state index >= 15 is 0 Å². The van der Waals surface area contributed by atoms with E-state index in [4.69, 9.17) is 9.47 Å². The first-order valence-electron chi connectivity index (χ1n) is 7.88. The largest absolute Gasteiger partial charge is 0.454 e. The Morgan fingerprint density at radius 2 is 2.04 bits per heavy atom. The van der Waals surface area contributed by atoms with Crippen molar-refractivity contribution in [3.05, 3.63) is 64.7 Å². The highest BCUT2D eigenvalue weighted by molar-refractivity contribution is 7.15. The second kappa shape index (κ2) is 6.57. The molecule has 0 spiro atoms. The van der Waals surface area contributed by atoms with Crippen molar-refractivity contribution in [2.24, 2.45) is 0 Å². The fraction of sp³-hybridized carbons (Fsp3) is 0.158. The molecule has 1 N–H and O–H groups in total. The number of rotatable bonds is 4. The molecule has 0 saturated heterocycles. The maximum absolute atomic E-state index is 12.4. The number of ether oxygens (including phenoxy) is 2.